The molecule has 2 heterocycles. The van der Waals surface area contributed by atoms with E-state index in [1.54, 1.807) is 18.2 Å². The van der Waals surface area contributed by atoms with E-state index in [4.69, 9.17) is 0 Å². The Kier molecular flexibility index (Phi) is 3.26. The summed E-state index contributed by atoms with van der Waals surface area (Å²) in [5.74, 6) is -0.802. The molecule has 1 N–H and O–H groups in total. The van der Waals surface area contributed by atoms with Crippen LogP contribution in [-0.4, -0.2) is 15.7 Å². The number of amides is 1. The topological polar surface area (TPSA) is 46.9 Å². The molecule has 0 saturated heterocycles. The lowest BCUT2D eigenvalue weighted by molar-refractivity contribution is 0.102. The van der Waals surface area contributed by atoms with Gasteiger partial charge in [-0.05, 0) is 49.9 Å². The Morgan fingerprint density at radius 3 is 3.00 bits per heavy atom. The number of carbonyl (C=O) groups excluding carboxylic acids is 1. The summed E-state index contributed by atoms with van der Waals surface area (Å²) in [6, 6.07) is 6.43. The second-order valence-electron chi connectivity index (χ2n) is 5.14. The quantitative estimate of drug-likeness (QED) is 0.914. The minimum atomic E-state index is -0.437. The van der Waals surface area contributed by atoms with Gasteiger partial charge in [-0.2, -0.15) is 5.10 Å². The Morgan fingerprint density at radius 1 is 1.35 bits per heavy atom. The number of aromatic nitrogens is 2. The minimum absolute atomic E-state index is 0.195. The molecule has 1 aliphatic rings. The third kappa shape index (κ3) is 2.43. The van der Waals surface area contributed by atoms with Crippen LogP contribution in [0.15, 0.2) is 24.3 Å². The second-order valence-corrected chi connectivity index (χ2v) is 5.14. The van der Waals surface area contributed by atoms with Gasteiger partial charge >= 0.3 is 0 Å². The molecular weight excluding hydrogens is 257 g/mol. The summed E-state index contributed by atoms with van der Waals surface area (Å²) in [5, 5.41) is 6.87. The molecule has 2 aromatic rings. The average molecular weight is 273 g/mol. The van der Waals surface area contributed by atoms with Gasteiger partial charge in [-0.1, -0.05) is 6.07 Å². The van der Waals surface area contributed by atoms with E-state index in [0.29, 0.717) is 5.69 Å². The Morgan fingerprint density at radius 2 is 2.20 bits per heavy atom. The van der Waals surface area contributed by atoms with Crippen molar-refractivity contribution in [2.75, 3.05) is 5.32 Å². The number of nitrogens with zero attached hydrogens (tertiary/aromatic N) is 2. The van der Waals surface area contributed by atoms with E-state index in [1.807, 2.05) is 11.6 Å². The van der Waals surface area contributed by atoms with Crippen LogP contribution in [0, 0.1) is 12.7 Å². The SMILES string of the molecule is Cc1ccc(F)c(NC(=O)c2cc3n(n2)CCCC3)c1. The number of hydrogen-bond donors (Lipinski definition) is 1. The van der Waals surface area contributed by atoms with Gasteiger partial charge in [0.1, 0.15) is 5.82 Å². The lowest BCUT2D eigenvalue weighted by Gasteiger charge is -2.11. The first-order chi connectivity index (χ1) is 9.63. The van der Waals surface area contributed by atoms with Gasteiger partial charge in [-0.15, -0.1) is 0 Å². The van der Waals surface area contributed by atoms with Crippen molar-refractivity contribution in [2.45, 2.75) is 32.7 Å². The van der Waals surface area contributed by atoms with Gasteiger partial charge in [0.2, 0.25) is 0 Å². The molecule has 3 rings (SSSR count). The monoisotopic (exact) mass is 273 g/mol. The van der Waals surface area contributed by atoms with Crippen LogP contribution >= 0.6 is 0 Å². The maximum absolute atomic E-state index is 13.6. The Balaban J connectivity index is 1.82. The molecule has 0 atom stereocenters. The van der Waals surface area contributed by atoms with Gasteiger partial charge in [-0.25, -0.2) is 4.39 Å². The van der Waals surface area contributed by atoms with Crippen molar-refractivity contribution in [2.24, 2.45) is 0 Å². The fourth-order valence-electron chi connectivity index (χ4n) is 2.45. The van der Waals surface area contributed by atoms with Gasteiger partial charge in [0.15, 0.2) is 5.69 Å². The van der Waals surface area contributed by atoms with Gasteiger partial charge in [0.25, 0.3) is 5.91 Å². The predicted molar refractivity (Wildman–Crippen MR) is 74.3 cm³/mol. The fourth-order valence-corrected chi connectivity index (χ4v) is 2.45. The second kappa shape index (κ2) is 5.07. The number of anilines is 1. The highest BCUT2D eigenvalue weighted by atomic mass is 19.1. The molecule has 20 heavy (non-hydrogen) atoms. The van der Waals surface area contributed by atoms with Crippen LogP contribution in [0.4, 0.5) is 10.1 Å². The van der Waals surface area contributed by atoms with E-state index in [1.165, 1.54) is 6.07 Å². The van der Waals surface area contributed by atoms with E-state index in [2.05, 4.69) is 10.4 Å². The molecule has 0 unspecified atom stereocenters. The maximum Gasteiger partial charge on any atom is 0.276 e. The Hall–Kier alpha value is -2.17. The average Bonchev–Trinajstić information content (AvgIpc) is 2.87. The number of halogens is 1. The van der Waals surface area contributed by atoms with Crippen molar-refractivity contribution in [1.29, 1.82) is 0 Å². The zero-order chi connectivity index (χ0) is 14.1. The van der Waals surface area contributed by atoms with Crippen LogP contribution in [0.5, 0.6) is 0 Å². The van der Waals surface area contributed by atoms with E-state index in [-0.39, 0.29) is 11.6 Å². The van der Waals surface area contributed by atoms with Crippen LogP contribution in [-0.2, 0) is 13.0 Å². The zero-order valence-corrected chi connectivity index (χ0v) is 11.3. The molecule has 1 amide bonds. The molecule has 0 fully saturated rings. The number of hydrogen-bond acceptors (Lipinski definition) is 2. The highest BCUT2D eigenvalue weighted by Gasteiger charge is 2.17. The van der Waals surface area contributed by atoms with Crippen molar-refractivity contribution in [3.8, 4) is 0 Å². The molecule has 0 radical (unpaired) electrons. The van der Waals surface area contributed by atoms with Crippen molar-refractivity contribution >= 4 is 11.6 Å². The van der Waals surface area contributed by atoms with Crippen LogP contribution in [0.25, 0.3) is 0 Å². The van der Waals surface area contributed by atoms with E-state index < -0.39 is 5.82 Å². The van der Waals surface area contributed by atoms with Crippen molar-refractivity contribution in [3.05, 3.63) is 47.0 Å². The van der Waals surface area contributed by atoms with Crippen molar-refractivity contribution in [3.63, 3.8) is 0 Å². The summed E-state index contributed by atoms with van der Waals surface area (Å²) in [4.78, 5) is 12.1. The summed E-state index contributed by atoms with van der Waals surface area (Å²) in [5.41, 5.74) is 2.51. The molecule has 0 spiro atoms. The largest absolute Gasteiger partial charge is 0.318 e. The molecule has 0 saturated carbocycles. The Bertz CT molecular complexity index is 640. The molecule has 104 valence electrons. The summed E-state index contributed by atoms with van der Waals surface area (Å²) < 4.78 is 15.5. The van der Waals surface area contributed by atoms with E-state index in [0.717, 1.165) is 37.1 Å². The highest BCUT2D eigenvalue weighted by molar-refractivity contribution is 6.03. The van der Waals surface area contributed by atoms with Gasteiger partial charge in [0.05, 0.1) is 5.69 Å². The van der Waals surface area contributed by atoms with E-state index in [9.17, 15) is 9.18 Å². The normalized spacial score (nSPS) is 13.9. The molecule has 1 aromatic heterocycles. The summed E-state index contributed by atoms with van der Waals surface area (Å²) in [6.07, 6.45) is 3.15. The van der Waals surface area contributed by atoms with Gasteiger partial charge < -0.3 is 5.32 Å². The summed E-state index contributed by atoms with van der Waals surface area (Å²) in [7, 11) is 0. The first-order valence-electron chi connectivity index (χ1n) is 6.78. The van der Waals surface area contributed by atoms with Crippen LogP contribution in [0.2, 0.25) is 0 Å². The molecule has 0 aliphatic carbocycles. The van der Waals surface area contributed by atoms with Gasteiger partial charge in [-0.3, -0.25) is 9.48 Å². The van der Waals surface area contributed by atoms with Crippen LogP contribution in [0.1, 0.15) is 34.6 Å². The number of nitrogens with one attached hydrogen (secondary N) is 1. The fraction of sp³-hybridized carbons (Fsp3) is 0.333. The highest BCUT2D eigenvalue weighted by Crippen LogP contribution is 2.19. The lowest BCUT2D eigenvalue weighted by atomic mass is 10.1. The minimum Gasteiger partial charge on any atom is -0.318 e. The van der Waals surface area contributed by atoms with E-state index >= 15 is 0 Å². The lowest BCUT2D eigenvalue weighted by Crippen LogP contribution is -2.15. The van der Waals surface area contributed by atoms with Gasteiger partial charge in [0, 0.05) is 12.2 Å². The van der Waals surface area contributed by atoms with Crippen LogP contribution in [0.3, 0.4) is 0 Å². The molecule has 1 aliphatic heterocycles. The summed E-state index contributed by atoms with van der Waals surface area (Å²) >= 11 is 0. The summed E-state index contributed by atoms with van der Waals surface area (Å²) in [6.45, 7) is 2.70. The standard InChI is InChI=1S/C15H16FN3O/c1-10-5-6-12(16)13(8-10)17-15(20)14-9-11-4-2-3-7-19(11)18-14/h5-6,8-9H,2-4,7H2,1H3,(H,17,20). The smallest absolute Gasteiger partial charge is 0.276 e. The van der Waals surface area contributed by atoms with Crippen LogP contribution < -0.4 is 5.32 Å². The molecule has 5 heteroatoms. The third-order valence-corrected chi connectivity index (χ3v) is 3.52. The molecule has 1 aromatic carbocycles. The van der Waals surface area contributed by atoms with Crippen molar-refractivity contribution in [1.82, 2.24) is 9.78 Å². The third-order valence-electron chi connectivity index (χ3n) is 3.52. The molecule has 4 nitrogen and oxygen atoms in total. The first-order valence-corrected chi connectivity index (χ1v) is 6.78. The van der Waals surface area contributed by atoms with Crippen molar-refractivity contribution < 1.29 is 9.18 Å². The maximum atomic E-state index is 13.6. The number of fused-ring (bicyclic) bond motifs is 1. The number of benzene rings is 1. The first kappa shape index (κ1) is 12.8. The molecular formula is C15H16FN3O. The number of aryl methyl sites for hydroxylation is 3. The predicted octanol–water partition coefficient (Wildman–Crippen LogP) is 2.92. The zero-order valence-electron chi connectivity index (χ0n) is 11.3. The number of carbonyl (C=O) groups is 1. The number of rotatable bonds is 2. The Labute approximate surface area is 116 Å². The molecule has 0 bridgehead atoms.